The molecule has 2 N–H and O–H groups in total. The fraction of sp³-hybridized carbons (Fsp3) is 0.357. The van der Waals surface area contributed by atoms with Gasteiger partial charge in [0.1, 0.15) is 5.82 Å². The van der Waals surface area contributed by atoms with Gasteiger partial charge >= 0.3 is 0 Å². The summed E-state index contributed by atoms with van der Waals surface area (Å²) in [5.41, 5.74) is 7.87. The first kappa shape index (κ1) is 14.1. The molecule has 0 aliphatic carbocycles. The van der Waals surface area contributed by atoms with Crippen LogP contribution < -0.4 is 5.73 Å². The molecule has 0 fully saturated rings. The first-order valence-corrected chi connectivity index (χ1v) is 7.88. The summed E-state index contributed by atoms with van der Waals surface area (Å²) in [6.07, 6.45) is 0. The van der Waals surface area contributed by atoms with Crippen LogP contribution in [0.25, 0.3) is 10.9 Å². The highest BCUT2D eigenvalue weighted by Gasteiger charge is 2.12. The number of hydrogen-bond acceptors (Lipinski definition) is 5. The van der Waals surface area contributed by atoms with Crippen LogP contribution in [0.4, 0.5) is 0 Å². The largest absolute Gasteiger partial charge is 0.324 e. The van der Waals surface area contributed by atoms with Crippen LogP contribution in [0.3, 0.4) is 0 Å². The van der Waals surface area contributed by atoms with Crippen molar-refractivity contribution in [3.05, 3.63) is 35.8 Å². The molecule has 0 spiro atoms. The van der Waals surface area contributed by atoms with Crippen molar-refractivity contribution < 1.29 is 0 Å². The summed E-state index contributed by atoms with van der Waals surface area (Å²) in [6.45, 7) is 3.37. The number of benzene rings is 1. The summed E-state index contributed by atoms with van der Waals surface area (Å²) in [7, 11) is 1.94. The van der Waals surface area contributed by atoms with E-state index in [1.807, 2.05) is 28.4 Å². The molecule has 0 unspecified atom stereocenters. The van der Waals surface area contributed by atoms with Crippen molar-refractivity contribution in [1.82, 2.24) is 24.5 Å². The summed E-state index contributed by atoms with van der Waals surface area (Å²) < 4.78 is 3.97. The van der Waals surface area contributed by atoms with Crippen LogP contribution in [0.1, 0.15) is 18.4 Å². The van der Waals surface area contributed by atoms with Gasteiger partial charge in [0, 0.05) is 24.7 Å². The average Bonchev–Trinajstić information content (AvgIpc) is 3.06. The SMILES string of the molecule is CCn1nc(CSc2nnc(CN)n2C)c2ccccc21. The van der Waals surface area contributed by atoms with Crippen molar-refractivity contribution >= 4 is 22.7 Å². The standard InChI is InChI=1S/C14H18N6S/c1-3-20-12-7-5-4-6-10(12)11(18-20)9-21-14-17-16-13(8-15)19(14)2/h4-7H,3,8-9,15H2,1-2H3. The number of nitrogens with zero attached hydrogens (tertiary/aromatic N) is 5. The van der Waals surface area contributed by atoms with E-state index in [-0.39, 0.29) is 0 Å². The molecule has 0 aliphatic rings. The third kappa shape index (κ3) is 2.54. The fourth-order valence-electron chi connectivity index (χ4n) is 2.33. The van der Waals surface area contributed by atoms with Gasteiger partial charge < -0.3 is 10.3 Å². The van der Waals surface area contributed by atoms with Crippen molar-refractivity contribution in [3.8, 4) is 0 Å². The van der Waals surface area contributed by atoms with Crippen molar-refractivity contribution in [2.75, 3.05) is 0 Å². The Kier molecular flexibility index (Phi) is 3.94. The predicted octanol–water partition coefficient (Wildman–Crippen LogP) is 1.94. The number of aryl methyl sites for hydroxylation is 1. The van der Waals surface area contributed by atoms with Crippen molar-refractivity contribution in [2.45, 2.75) is 30.9 Å². The maximum Gasteiger partial charge on any atom is 0.191 e. The fourth-order valence-corrected chi connectivity index (χ4v) is 3.20. The van der Waals surface area contributed by atoms with Gasteiger partial charge in [0.05, 0.1) is 17.8 Å². The van der Waals surface area contributed by atoms with Crippen molar-refractivity contribution in [3.63, 3.8) is 0 Å². The Balaban J connectivity index is 1.86. The highest BCUT2D eigenvalue weighted by Crippen LogP contribution is 2.26. The molecule has 3 aromatic rings. The van der Waals surface area contributed by atoms with Gasteiger partial charge in [-0.15, -0.1) is 10.2 Å². The normalized spacial score (nSPS) is 11.4. The summed E-state index contributed by atoms with van der Waals surface area (Å²) in [4.78, 5) is 0. The van der Waals surface area contributed by atoms with Crippen LogP contribution in [0.5, 0.6) is 0 Å². The number of thioether (sulfide) groups is 1. The second-order valence-electron chi connectivity index (χ2n) is 4.73. The lowest BCUT2D eigenvalue weighted by Crippen LogP contribution is -2.05. The minimum atomic E-state index is 0.400. The number of para-hydroxylation sites is 1. The molecule has 6 nitrogen and oxygen atoms in total. The maximum atomic E-state index is 5.62. The highest BCUT2D eigenvalue weighted by atomic mass is 32.2. The first-order chi connectivity index (χ1) is 10.2. The summed E-state index contributed by atoms with van der Waals surface area (Å²) in [5.74, 6) is 1.56. The van der Waals surface area contributed by atoms with Gasteiger partial charge in [-0.25, -0.2) is 0 Å². The zero-order chi connectivity index (χ0) is 14.8. The first-order valence-electron chi connectivity index (χ1n) is 6.90. The minimum absolute atomic E-state index is 0.400. The quantitative estimate of drug-likeness (QED) is 0.729. The monoisotopic (exact) mass is 302 g/mol. The second kappa shape index (κ2) is 5.87. The van der Waals surface area contributed by atoms with Crippen LogP contribution in [-0.2, 0) is 25.9 Å². The number of aromatic nitrogens is 5. The lowest BCUT2D eigenvalue weighted by atomic mass is 10.2. The van der Waals surface area contributed by atoms with Crippen LogP contribution in [0.15, 0.2) is 29.4 Å². The zero-order valence-corrected chi connectivity index (χ0v) is 13.0. The van der Waals surface area contributed by atoms with Gasteiger partial charge in [0.2, 0.25) is 0 Å². The number of hydrogen-bond donors (Lipinski definition) is 1. The van der Waals surface area contributed by atoms with E-state index in [1.54, 1.807) is 11.8 Å². The second-order valence-corrected chi connectivity index (χ2v) is 5.67. The summed E-state index contributed by atoms with van der Waals surface area (Å²) in [5, 5.41) is 15.0. The van der Waals surface area contributed by atoms with E-state index in [1.165, 1.54) is 10.9 Å². The van der Waals surface area contributed by atoms with E-state index < -0.39 is 0 Å². The molecular weight excluding hydrogens is 284 g/mol. The van der Waals surface area contributed by atoms with Crippen LogP contribution in [-0.4, -0.2) is 24.5 Å². The number of rotatable bonds is 5. The molecule has 3 rings (SSSR count). The molecule has 2 aromatic heterocycles. The number of fused-ring (bicyclic) bond motifs is 1. The summed E-state index contributed by atoms with van der Waals surface area (Å²) >= 11 is 1.63. The third-order valence-electron chi connectivity index (χ3n) is 3.48. The van der Waals surface area contributed by atoms with E-state index in [0.717, 1.165) is 29.0 Å². The van der Waals surface area contributed by atoms with E-state index in [0.29, 0.717) is 6.54 Å². The van der Waals surface area contributed by atoms with Crippen LogP contribution in [0.2, 0.25) is 0 Å². The molecule has 0 atom stereocenters. The van der Waals surface area contributed by atoms with Crippen molar-refractivity contribution in [1.29, 1.82) is 0 Å². The molecule has 0 saturated heterocycles. The summed E-state index contributed by atoms with van der Waals surface area (Å²) in [6, 6.07) is 8.32. The highest BCUT2D eigenvalue weighted by molar-refractivity contribution is 7.98. The predicted molar refractivity (Wildman–Crippen MR) is 83.9 cm³/mol. The molecule has 0 amide bonds. The molecule has 1 aromatic carbocycles. The van der Waals surface area contributed by atoms with Gasteiger partial charge in [-0.05, 0) is 13.0 Å². The Morgan fingerprint density at radius 2 is 2.05 bits per heavy atom. The van der Waals surface area contributed by atoms with Gasteiger partial charge in [-0.1, -0.05) is 30.0 Å². The van der Waals surface area contributed by atoms with Gasteiger partial charge in [-0.3, -0.25) is 4.68 Å². The van der Waals surface area contributed by atoms with E-state index in [4.69, 9.17) is 10.8 Å². The smallest absolute Gasteiger partial charge is 0.191 e. The van der Waals surface area contributed by atoms with E-state index >= 15 is 0 Å². The van der Waals surface area contributed by atoms with E-state index in [9.17, 15) is 0 Å². The lowest BCUT2D eigenvalue weighted by Gasteiger charge is -2.01. The van der Waals surface area contributed by atoms with Gasteiger partial charge in [0.15, 0.2) is 5.16 Å². The average molecular weight is 302 g/mol. The molecular formula is C14H18N6S. The topological polar surface area (TPSA) is 74.6 Å². The Bertz CT molecular complexity index is 760. The Morgan fingerprint density at radius 1 is 1.24 bits per heavy atom. The zero-order valence-electron chi connectivity index (χ0n) is 12.2. The molecule has 110 valence electrons. The third-order valence-corrected chi connectivity index (χ3v) is 4.51. The maximum absolute atomic E-state index is 5.62. The number of nitrogens with two attached hydrogens (primary N) is 1. The Morgan fingerprint density at radius 3 is 2.76 bits per heavy atom. The molecule has 2 heterocycles. The van der Waals surface area contributed by atoms with Crippen LogP contribution in [0, 0.1) is 0 Å². The molecule has 0 saturated carbocycles. The van der Waals surface area contributed by atoms with E-state index in [2.05, 4.69) is 29.3 Å². The molecule has 0 aliphatic heterocycles. The molecule has 0 radical (unpaired) electrons. The molecule has 21 heavy (non-hydrogen) atoms. The van der Waals surface area contributed by atoms with Gasteiger partial charge in [0.25, 0.3) is 0 Å². The Labute approximate surface area is 127 Å². The Hall–Kier alpha value is -1.86. The minimum Gasteiger partial charge on any atom is -0.324 e. The van der Waals surface area contributed by atoms with Gasteiger partial charge in [-0.2, -0.15) is 5.10 Å². The molecule has 0 bridgehead atoms. The molecule has 7 heteroatoms. The van der Waals surface area contributed by atoms with Crippen molar-refractivity contribution in [2.24, 2.45) is 12.8 Å². The van der Waals surface area contributed by atoms with Crippen LogP contribution >= 0.6 is 11.8 Å². The lowest BCUT2D eigenvalue weighted by molar-refractivity contribution is 0.674.